The van der Waals surface area contributed by atoms with E-state index < -0.39 is 8.32 Å². The molecule has 1 N–H and O–H groups in total. The van der Waals surface area contributed by atoms with Crippen molar-refractivity contribution < 1.29 is 9.22 Å². The van der Waals surface area contributed by atoms with Gasteiger partial charge in [-0.1, -0.05) is 45.0 Å². The van der Waals surface area contributed by atoms with Crippen LogP contribution in [-0.2, 0) is 11.0 Å². The molecule has 0 unspecified atom stereocenters. The predicted molar refractivity (Wildman–Crippen MR) is 106 cm³/mol. The van der Waals surface area contributed by atoms with Gasteiger partial charge in [-0.2, -0.15) is 0 Å². The lowest BCUT2D eigenvalue weighted by Crippen LogP contribution is -2.40. The van der Waals surface area contributed by atoms with Gasteiger partial charge in [-0.3, -0.25) is 4.79 Å². The highest BCUT2D eigenvalue weighted by atomic mass is 28.4. The smallest absolute Gasteiger partial charge is 0.230 e. The number of carbonyl (C=O) groups excluding carboxylic acids is 1. The Morgan fingerprint density at radius 3 is 2.50 bits per heavy atom. The monoisotopic (exact) mass is 367 g/mol. The SMILES string of the molecule is CC(C)(C)[Si](C)(C)OCc1ccc(C(=O)c2ncc3cc[nH]c3n2)cc1. The summed E-state index contributed by atoms with van der Waals surface area (Å²) in [6.45, 7) is 11.7. The molecule has 0 aliphatic rings. The molecule has 5 nitrogen and oxygen atoms in total. The first-order valence-corrected chi connectivity index (χ1v) is 11.7. The third kappa shape index (κ3) is 3.76. The lowest BCUT2D eigenvalue weighted by molar-refractivity contribution is 0.102. The maximum Gasteiger partial charge on any atom is 0.230 e. The molecule has 3 aromatic rings. The largest absolute Gasteiger partial charge is 0.413 e. The van der Waals surface area contributed by atoms with Crippen molar-refractivity contribution in [3.8, 4) is 0 Å². The Hall–Kier alpha value is -2.31. The van der Waals surface area contributed by atoms with Crippen molar-refractivity contribution >= 4 is 25.1 Å². The van der Waals surface area contributed by atoms with Crippen LogP contribution in [0.25, 0.3) is 11.0 Å². The number of hydrogen-bond donors (Lipinski definition) is 1. The third-order valence-corrected chi connectivity index (χ3v) is 9.60. The van der Waals surface area contributed by atoms with Gasteiger partial charge in [-0.25, -0.2) is 9.97 Å². The first-order chi connectivity index (χ1) is 12.2. The number of nitrogens with zero attached hydrogens (tertiary/aromatic N) is 2. The van der Waals surface area contributed by atoms with Gasteiger partial charge in [-0.05, 0) is 29.8 Å². The van der Waals surface area contributed by atoms with E-state index in [0.29, 0.717) is 17.8 Å². The molecule has 0 saturated heterocycles. The Bertz CT molecular complexity index is 924. The molecule has 136 valence electrons. The lowest BCUT2D eigenvalue weighted by atomic mass is 10.1. The van der Waals surface area contributed by atoms with Gasteiger partial charge in [0, 0.05) is 23.3 Å². The van der Waals surface area contributed by atoms with E-state index in [4.69, 9.17) is 4.43 Å². The normalized spacial score (nSPS) is 12.5. The second kappa shape index (κ2) is 6.77. The fourth-order valence-corrected chi connectivity index (χ4v) is 3.27. The van der Waals surface area contributed by atoms with Crippen LogP contribution in [0.2, 0.25) is 18.1 Å². The van der Waals surface area contributed by atoms with Crippen molar-refractivity contribution in [2.75, 3.05) is 0 Å². The summed E-state index contributed by atoms with van der Waals surface area (Å²) in [5, 5.41) is 1.07. The molecule has 2 aromatic heterocycles. The highest BCUT2D eigenvalue weighted by Gasteiger charge is 2.37. The molecule has 0 fully saturated rings. The Balaban J connectivity index is 1.71. The second-order valence-corrected chi connectivity index (χ2v) is 12.9. The highest BCUT2D eigenvalue weighted by Crippen LogP contribution is 2.37. The second-order valence-electron chi connectivity index (χ2n) is 8.05. The van der Waals surface area contributed by atoms with Gasteiger partial charge in [0.1, 0.15) is 5.65 Å². The number of carbonyl (C=O) groups is 1. The van der Waals surface area contributed by atoms with Crippen LogP contribution in [0.3, 0.4) is 0 Å². The van der Waals surface area contributed by atoms with Gasteiger partial charge >= 0.3 is 0 Å². The van der Waals surface area contributed by atoms with Crippen molar-refractivity contribution in [2.45, 2.75) is 45.5 Å². The number of rotatable bonds is 5. The van der Waals surface area contributed by atoms with Crippen molar-refractivity contribution in [3.05, 3.63) is 59.7 Å². The Labute approximate surface area is 155 Å². The molecule has 0 aliphatic carbocycles. The van der Waals surface area contributed by atoms with Crippen LogP contribution in [0, 0.1) is 0 Å². The summed E-state index contributed by atoms with van der Waals surface area (Å²) in [5.74, 6) is 0.0172. The number of hydrogen-bond acceptors (Lipinski definition) is 4. The molecule has 0 saturated carbocycles. The van der Waals surface area contributed by atoms with E-state index in [1.807, 2.05) is 30.3 Å². The molecule has 0 aliphatic heterocycles. The quantitative estimate of drug-likeness (QED) is 0.524. The molecular formula is C20H25N3O2Si. The molecule has 0 spiro atoms. The first-order valence-electron chi connectivity index (χ1n) is 8.75. The van der Waals surface area contributed by atoms with Crippen molar-refractivity contribution in [3.63, 3.8) is 0 Å². The predicted octanol–water partition coefficient (Wildman–Crippen LogP) is 4.71. The zero-order valence-electron chi connectivity index (χ0n) is 16.0. The summed E-state index contributed by atoms with van der Waals surface area (Å²) < 4.78 is 6.23. The molecule has 1 aromatic carbocycles. The Kier molecular flexibility index (Phi) is 4.81. The number of fused-ring (bicyclic) bond motifs is 1. The summed E-state index contributed by atoms with van der Waals surface area (Å²) >= 11 is 0. The minimum absolute atomic E-state index is 0.177. The average Bonchev–Trinajstić information content (AvgIpc) is 3.06. The first kappa shape index (κ1) is 18.5. The summed E-state index contributed by atoms with van der Waals surface area (Å²) in [6.07, 6.45) is 3.44. The zero-order chi connectivity index (χ0) is 18.9. The maximum atomic E-state index is 12.6. The van der Waals surface area contributed by atoms with E-state index in [-0.39, 0.29) is 16.6 Å². The number of aromatic amines is 1. The van der Waals surface area contributed by atoms with Crippen LogP contribution >= 0.6 is 0 Å². The fraction of sp³-hybridized carbons (Fsp3) is 0.350. The maximum absolute atomic E-state index is 12.6. The Morgan fingerprint density at radius 1 is 1.15 bits per heavy atom. The summed E-state index contributed by atoms with van der Waals surface area (Å²) in [6, 6.07) is 9.38. The topological polar surface area (TPSA) is 67.9 Å². The number of benzene rings is 1. The van der Waals surface area contributed by atoms with Gasteiger partial charge in [0.15, 0.2) is 8.32 Å². The minimum atomic E-state index is -1.79. The molecule has 3 rings (SSSR count). The van der Waals surface area contributed by atoms with Crippen LogP contribution in [0.4, 0.5) is 0 Å². The van der Waals surface area contributed by atoms with Gasteiger partial charge < -0.3 is 9.41 Å². The summed E-state index contributed by atoms with van der Waals surface area (Å²) in [4.78, 5) is 24.1. The number of nitrogens with one attached hydrogen (secondary N) is 1. The average molecular weight is 368 g/mol. The Morgan fingerprint density at radius 2 is 1.85 bits per heavy atom. The van der Waals surface area contributed by atoms with Crippen LogP contribution < -0.4 is 0 Å². The van der Waals surface area contributed by atoms with Gasteiger partial charge in [0.05, 0.1) is 6.61 Å². The molecular weight excluding hydrogens is 342 g/mol. The van der Waals surface area contributed by atoms with E-state index in [1.54, 1.807) is 12.4 Å². The minimum Gasteiger partial charge on any atom is -0.413 e. The highest BCUT2D eigenvalue weighted by molar-refractivity contribution is 6.74. The van der Waals surface area contributed by atoms with E-state index in [0.717, 1.165) is 10.9 Å². The molecule has 6 heteroatoms. The lowest BCUT2D eigenvalue weighted by Gasteiger charge is -2.36. The van der Waals surface area contributed by atoms with Crippen LogP contribution in [-0.4, -0.2) is 29.1 Å². The van der Waals surface area contributed by atoms with E-state index >= 15 is 0 Å². The fourth-order valence-electron chi connectivity index (χ4n) is 2.31. The van der Waals surface area contributed by atoms with E-state index in [9.17, 15) is 4.79 Å². The van der Waals surface area contributed by atoms with Crippen LogP contribution in [0.5, 0.6) is 0 Å². The van der Waals surface area contributed by atoms with Crippen LogP contribution in [0.1, 0.15) is 42.5 Å². The van der Waals surface area contributed by atoms with E-state index in [1.165, 1.54) is 0 Å². The molecule has 0 bridgehead atoms. The molecule has 2 heterocycles. The summed E-state index contributed by atoms with van der Waals surface area (Å²) in [7, 11) is -1.79. The third-order valence-electron chi connectivity index (χ3n) is 5.13. The number of aromatic nitrogens is 3. The van der Waals surface area contributed by atoms with Crippen molar-refractivity contribution in [2.24, 2.45) is 0 Å². The molecule has 0 radical (unpaired) electrons. The number of ketones is 1. The van der Waals surface area contributed by atoms with Gasteiger partial charge in [0.25, 0.3) is 0 Å². The van der Waals surface area contributed by atoms with E-state index in [2.05, 4.69) is 48.8 Å². The zero-order valence-corrected chi connectivity index (χ0v) is 17.0. The molecule has 26 heavy (non-hydrogen) atoms. The van der Waals surface area contributed by atoms with Gasteiger partial charge in [-0.15, -0.1) is 0 Å². The van der Waals surface area contributed by atoms with Crippen molar-refractivity contribution in [1.82, 2.24) is 15.0 Å². The molecule has 0 amide bonds. The van der Waals surface area contributed by atoms with Crippen LogP contribution in [0.15, 0.2) is 42.7 Å². The molecule has 0 atom stereocenters. The number of H-pyrrole nitrogens is 1. The van der Waals surface area contributed by atoms with Gasteiger partial charge in [0.2, 0.25) is 11.6 Å². The summed E-state index contributed by atoms with van der Waals surface area (Å²) in [5.41, 5.74) is 2.31. The standard InChI is InChI=1S/C20H25N3O2Si/c1-20(2,3)26(4,5)25-13-14-6-8-15(9-7-14)17(24)19-22-12-16-10-11-21-18(16)23-19/h6-12H,13H2,1-5H3,(H,21,22,23). The van der Waals surface area contributed by atoms with Crippen molar-refractivity contribution in [1.29, 1.82) is 0 Å².